The molecule has 3 heterocycles. The smallest absolute Gasteiger partial charge is 0.313 e. The van der Waals surface area contributed by atoms with Crippen molar-refractivity contribution in [3.63, 3.8) is 0 Å². The summed E-state index contributed by atoms with van der Waals surface area (Å²) in [4.78, 5) is 42.3. The van der Waals surface area contributed by atoms with Crippen LogP contribution in [0.3, 0.4) is 0 Å². The molecule has 0 spiro atoms. The Bertz CT molecular complexity index is 818. The Morgan fingerprint density at radius 3 is 2.71 bits per heavy atom. The highest BCUT2D eigenvalue weighted by Crippen LogP contribution is 2.08. The lowest BCUT2D eigenvalue weighted by Crippen LogP contribution is -2.53. The van der Waals surface area contributed by atoms with Crippen LogP contribution in [0, 0.1) is 0 Å². The molecule has 2 N–H and O–H groups in total. The number of likely N-dealkylation sites (N-methyl/N-ethyl adjacent to an activating group) is 1. The molecular weight excluding hydrogens is 330 g/mol. The van der Waals surface area contributed by atoms with Gasteiger partial charge in [0.05, 0.1) is 6.54 Å². The lowest BCUT2D eigenvalue weighted by Gasteiger charge is -2.32. The molecular formula is C15H19N5O3S. The largest absolute Gasteiger partial charge is 0.328 e. The molecule has 0 aliphatic carbocycles. The summed E-state index contributed by atoms with van der Waals surface area (Å²) in [6.45, 7) is 3.22. The Hall–Kier alpha value is -2.23. The van der Waals surface area contributed by atoms with Gasteiger partial charge in [-0.15, -0.1) is 11.3 Å². The predicted octanol–water partition coefficient (Wildman–Crippen LogP) is -0.461. The standard InChI is InChI=1S/C15H19N5O3S/c1-18-4-6-19(7-5-18)17-13(21)12-9-16-15(23)20(14(12)22)10-11-3-2-8-24-11/h2-3,8-9H,4-7,10H2,1H3,(H,16,23)(H,17,21). The van der Waals surface area contributed by atoms with Crippen LogP contribution in [0.15, 0.2) is 33.3 Å². The van der Waals surface area contributed by atoms with Crippen LogP contribution in [0.5, 0.6) is 0 Å². The van der Waals surface area contributed by atoms with Gasteiger partial charge in [-0.25, -0.2) is 9.80 Å². The summed E-state index contributed by atoms with van der Waals surface area (Å²) >= 11 is 1.45. The molecule has 0 atom stereocenters. The zero-order valence-corrected chi connectivity index (χ0v) is 14.1. The minimum atomic E-state index is -0.584. The molecule has 2 aromatic rings. The second kappa shape index (κ2) is 7.12. The second-order valence-corrected chi connectivity index (χ2v) is 6.74. The first-order valence-electron chi connectivity index (χ1n) is 7.64. The van der Waals surface area contributed by atoms with Crippen LogP contribution in [0.25, 0.3) is 0 Å². The minimum absolute atomic E-state index is 0.0647. The van der Waals surface area contributed by atoms with Gasteiger partial charge in [0.2, 0.25) is 0 Å². The molecule has 0 saturated carbocycles. The molecule has 24 heavy (non-hydrogen) atoms. The number of nitrogens with one attached hydrogen (secondary N) is 2. The highest BCUT2D eigenvalue weighted by atomic mass is 32.1. The monoisotopic (exact) mass is 349 g/mol. The third-order valence-electron chi connectivity index (χ3n) is 3.96. The third kappa shape index (κ3) is 3.64. The number of rotatable bonds is 4. The maximum absolute atomic E-state index is 12.5. The number of amides is 1. The molecule has 128 valence electrons. The molecule has 1 saturated heterocycles. The Morgan fingerprint density at radius 1 is 1.29 bits per heavy atom. The molecule has 1 aliphatic rings. The van der Waals surface area contributed by atoms with Gasteiger partial charge in [0.1, 0.15) is 5.56 Å². The van der Waals surface area contributed by atoms with Crippen molar-refractivity contribution in [1.29, 1.82) is 0 Å². The van der Waals surface area contributed by atoms with Crippen molar-refractivity contribution in [2.75, 3.05) is 33.2 Å². The van der Waals surface area contributed by atoms with Crippen molar-refractivity contribution < 1.29 is 4.79 Å². The first kappa shape index (κ1) is 16.6. The highest BCUT2D eigenvalue weighted by molar-refractivity contribution is 7.09. The molecule has 0 aromatic carbocycles. The normalized spacial score (nSPS) is 16.2. The van der Waals surface area contributed by atoms with Crippen molar-refractivity contribution in [2.45, 2.75) is 6.54 Å². The van der Waals surface area contributed by atoms with Gasteiger partial charge >= 0.3 is 5.69 Å². The van der Waals surface area contributed by atoms with Gasteiger partial charge in [0.25, 0.3) is 11.5 Å². The van der Waals surface area contributed by atoms with E-state index in [9.17, 15) is 14.4 Å². The summed E-state index contributed by atoms with van der Waals surface area (Å²) in [5.74, 6) is -0.499. The SMILES string of the molecule is CN1CCN(NC(=O)c2c[nH]c(=O)n(Cc3cccs3)c2=O)CC1. The molecule has 1 amide bonds. The Labute approximate surface area is 142 Å². The number of H-pyrrole nitrogens is 1. The molecule has 1 aliphatic heterocycles. The van der Waals surface area contributed by atoms with Crippen molar-refractivity contribution in [3.8, 4) is 0 Å². The summed E-state index contributed by atoms with van der Waals surface area (Å²) in [5, 5.41) is 3.66. The van der Waals surface area contributed by atoms with Crippen LogP contribution in [0.4, 0.5) is 0 Å². The number of hydrogen-bond acceptors (Lipinski definition) is 6. The van der Waals surface area contributed by atoms with E-state index in [1.165, 1.54) is 17.5 Å². The first-order valence-corrected chi connectivity index (χ1v) is 8.52. The molecule has 0 unspecified atom stereocenters. The number of thiophene rings is 1. The number of carbonyl (C=O) groups excluding carboxylic acids is 1. The lowest BCUT2D eigenvalue weighted by molar-refractivity contribution is 0.0660. The molecule has 8 nitrogen and oxygen atoms in total. The van der Waals surface area contributed by atoms with Crippen molar-refractivity contribution in [3.05, 3.63) is 55.0 Å². The molecule has 1 fully saturated rings. The number of aromatic amines is 1. The molecule has 0 bridgehead atoms. The van der Waals surface area contributed by atoms with Crippen LogP contribution >= 0.6 is 11.3 Å². The van der Waals surface area contributed by atoms with Crippen LogP contribution < -0.4 is 16.7 Å². The van der Waals surface area contributed by atoms with E-state index < -0.39 is 17.2 Å². The highest BCUT2D eigenvalue weighted by Gasteiger charge is 2.20. The van der Waals surface area contributed by atoms with E-state index in [0.717, 1.165) is 22.5 Å². The van der Waals surface area contributed by atoms with E-state index >= 15 is 0 Å². The van der Waals surface area contributed by atoms with E-state index in [4.69, 9.17) is 0 Å². The Morgan fingerprint density at radius 2 is 2.04 bits per heavy atom. The second-order valence-electron chi connectivity index (χ2n) is 5.71. The van der Waals surface area contributed by atoms with Gasteiger partial charge in [0.15, 0.2) is 0 Å². The average molecular weight is 349 g/mol. The van der Waals surface area contributed by atoms with E-state index in [0.29, 0.717) is 13.1 Å². The van der Waals surface area contributed by atoms with Gasteiger partial charge in [-0.2, -0.15) is 0 Å². The zero-order chi connectivity index (χ0) is 17.1. The van der Waals surface area contributed by atoms with Crippen LogP contribution in [-0.2, 0) is 6.54 Å². The Kier molecular flexibility index (Phi) is 4.93. The molecule has 9 heteroatoms. The number of hydrazine groups is 1. The maximum atomic E-state index is 12.5. The van der Waals surface area contributed by atoms with Gasteiger partial charge in [0, 0.05) is 37.3 Å². The van der Waals surface area contributed by atoms with Crippen molar-refractivity contribution >= 4 is 17.2 Å². The van der Waals surface area contributed by atoms with Crippen LogP contribution in [0.2, 0.25) is 0 Å². The van der Waals surface area contributed by atoms with Crippen molar-refractivity contribution in [1.82, 2.24) is 24.9 Å². The molecule has 3 rings (SSSR count). The minimum Gasteiger partial charge on any atom is -0.313 e. The summed E-state index contributed by atoms with van der Waals surface area (Å²) in [6.07, 6.45) is 1.18. The fraction of sp³-hybridized carbons (Fsp3) is 0.400. The maximum Gasteiger partial charge on any atom is 0.328 e. The van der Waals surface area contributed by atoms with E-state index in [1.54, 1.807) is 5.01 Å². The quantitative estimate of drug-likeness (QED) is 0.779. The summed E-state index contributed by atoms with van der Waals surface area (Å²) < 4.78 is 1.05. The predicted molar refractivity (Wildman–Crippen MR) is 91.3 cm³/mol. The fourth-order valence-electron chi connectivity index (χ4n) is 2.50. The number of piperazine rings is 1. The van der Waals surface area contributed by atoms with Gasteiger partial charge in [-0.3, -0.25) is 19.6 Å². The third-order valence-corrected chi connectivity index (χ3v) is 4.82. The van der Waals surface area contributed by atoms with E-state index in [1.807, 2.05) is 24.6 Å². The van der Waals surface area contributed by atoms with Crippen molar-refractivity contribution in [2.24, 2.45) is 0 Å². The number of aromatic nitrogens is 2. The van der Waals surface area contributed by atoms with Crippen LogP contribution in [0.1, 0.15) is 15.2 Å². The average Bonchev–Trinajstić information content (AvgIpc) is 3.06. The zero-order valence-electron chi connectivity index (χ0n) is 13.3. The number of carbonyl (C=O) groups is 1. The van der Waals surface area contributed by atoms with Gasteiger partial charge < -0.3 is 9.88 Å². The van der Waals surface area contributed by atoms with E-state index in [-0.39, 0.29) is 12.1 Å². The Balaban J connectivity index is 1.79. The van der Waals surface area contributed by atoms with Gasteiger partial charge in [-0.1, -0.05) is 6.07 Å². The molecule has 2 aromatic heterocycles. The van der Waals surface area contributed by atoms with Crippen LogP contribution in [-0.4, -0.2) is 58.6 Å². The summed E-state index contributed by atoms with van der Waals surface area (Å²) in [6, 6.07) is 3.69. The number of hydrogen-bond donors (Lipinski definition) is 2. The number of nitrogens with zero attached hydrogens (tertiary/aromatic N) is 3. The topological polar surface area (TPSA) is 90.4 Å². The first-order chi connectivity index (χ1) is 11.5. The fourth-order valence-corrected chi connectivity index (χ4v) is 3.19. The summed E-state index contributed by atoms with van der Waals surface area (Å²) in [7, 11) is 2.02. The van der Waals surface area contributed by atoms with Gasteiger partial charge in [-0.05, 0) is 18.5 Å². The summed E-state index contributed by atoms with van der Waals surface area (Å²) in [5.41, 5.74) is 1.56. The van der Waals surface area contributed by atoms with E-state index in [2.05, 4.69) is 15.3 Å². The molecule has 0 radical (unpaired) electrons. The lowest BCUT2D eigenvalue weighted by atomic mass is 10.3.